The van der Waals surface area contributed by atoms with Gasteiger partial charge in [-0.15, -0.1) is 0 Å². The Bertz CT molecular complexity index is 803. The molecule has 0 atom stereocenters. The number of amides is 1. The Morgan fingerprint density at radius 2 is 1.88 bits per heavy atom. The van der Waals surface area contributed by atoms with Crippen LogP contribution in [0.4, 0.5) is 5.69 Å². The van der Waals surface area contributed by atoms with Gasteiger partial charge in [0.2, 0.25) is 5.91 Å². The van der Waals surface area contributed by atoms with Crippen molar-refractivity contribution in [3.05, 3.63) is 52.9 Å². The van der Waals surface area contributed by atoms with Gasteiger partial charge in [-0.05, 0) is 70.0 Å². The van der Waals surface area contributed by atoms with E-state index in [0.717, 1.165) is 28.2 Å². The lowest BCUT2D eigenvalue weighted by molar-refractivity contribution is -0.111. The average molecular weight is 354 g/mol. The highest BCUT2D eigenvalue weighted by molar-refractivity contribution is 6.02. The fourth-order valence-electron chi connectivity index (χ4n) is 2.69. The monoisotopic (exact) mass is 354 g/mol. The van der Waals surface area contributed by atoms with E-state index in [1.807, 2.05) is 58.9 Å². The third kappa shape index (κ3) is 5.09. The summed E-state index contributed by atoms with van der Waals surface area (Å²) in [4.78, 5) is 16.7. The van der Waals surface area contributed by atoms with E-state index in [1.165, 1.54) is 6.08 Å². The Balaban J connectivity index is 2.13. The molecule has 0 spiro atoms. The molecule has 2 aromatic rings. The molecule has 5 nitrogen and oxygen atoms in total. The molecule has 0 aliphatic carbocycles. The molecule has 1 amide bonds. The quantitative estimate of drug-likeness (QED) is 0.778. The maximum absolute atomic E-state index is 12.3. The Morgan fingerprint density at radius 3 is 2.50 bits per heavy atom. The number of rotatable bonds is 6. The molecule has 1 heterocycles. The Kier molecular flexibility index (Phi) is 6.39. The number of nitrogens with one attached hydrogen (secondary N) is 1. The standard InChI is InChI=1S/C21H26N2O3/c1-13(2)26-18-9-7-17(12-19(18)25-6)8-10-20(24)23-21-14(3)11-15(4)22-16(21)5/h7-13H,1-6H3,(H,23,24)/b10-8+. The van der Waals surface area contributed by atoms with Gasteiger partial charge in [0.15, 0.2) is 11.5 Å². The first-order valence-corrected chi connectivity index (χ1v) is 8.58. The molecule has 26 heavy (non-hydrogen) atoms. The van der Waals surface area contributed by atoms with Crippen LogP contribution in [0.15, 0.2) is 30.3 Å². The molecule has 0 saturated heterocycles. The summed E-state index contributed by atoms with van der Waals surface area (Å²) in [5.74, 6) is 1.11. The van der Waals surface area contributed by atoms with Gasteiger partial charge >= 0.3 is 0 Å². The SMILES string of the molecule is COc1cc(/C=C/C(=O)Nc2c(C)cc(C)nc2C)ccc1OC(C)C. The molecule has 0 radical (unpaired) electrons. The molecular formula is C21H26N2O3. The predicted molar refractivity (Wildman–Crippen MR) is 105 cm³/mol. The lowest BCUT2D eigenvalue weighted by Gasteiger charge is -2.13. The fraction of sp³-hybridized carbons (Fsp3) is 0.333. The van der Waals surface area contributed by atoms with Crippen LogP contribution in [0, 0.1) is 20.8 Å². The van der Waals surface area contributed by atoms with Crippen molar-refractivity contribution in [1.29, 1.82) is 0 Å². The predicted octanol–water partition coefficient (Wildman–Crippen LogP) is 4.45. The zero-order valence-corrected chi connectivity index (χ0v) is 16.2. The van der Waals surface area contributed by atoms with Crippen LogP contribution in [0.25, 0.3) is 6.08 Å². The summed E-state index contributed by atoms with van der Waals surface area (Å²) < 4.78 is 11.1. The number of hydrogen-bond donors (Lipinski definition) is 1. The molecule has 0 bridgehead atoms. The second-order valence-electron chi connectivity index (χ2n) is 6.44. The molecule has 0 unspecified atom stereocenters. The largest absolute Gasteiger partial charge is 0.493 e. The number of carbonyl (C=O) groups excluding carboxylic acids is 1. The molecule has 1 N–H and O–H groups in total. The molecule has 0 saturated carbocycles. The highest BCUT2D eigenvalue weighted by Gasteiger charge is 2.09. The zero-order valence-electron chi connectivity index (χ0n) is 16.2. The van der Waals surface area contributed by atoms with Crippen molar-refractivity contribution < 1.29 is 14.3 Å². The van der Waals surface area contributed by atoms with Crippen molar-refractivity contribution in [3.63, 3.8) is 0 Å². The topological polar surface area (TPSA) is 60.5 Å². The van der Waals surface area contributed by atoms with E-state index in [4.69, 9.17) is 9.47 Å². The Labute approximate surface area is 155 Å². The maximum atomic E-state index is 12.3. The number of aromatic nitrogens is 1. The van der Waals surface area contributed by atoms with Gasteiger partial charge in [-0.25, -0.2) is 0 Å². The average Bonchev–Trinajstić information content (AvgIpc) is 2.56. The molecule has 2 rings (SSSR count). The summed E-state index contributed by atoms with van der Waals surface area (Å²) in [6, 6.07) is 7.51. The van der Waals surface area contributed by atoms with Crippen LogP contribution in [-0.4, -0.2) is 24.1 Å². The van der Waals surface area contributed by atoms with E-state index in [0.29, 0.717) is 11.5 Å². The van der Waals surface area contributed by atoms with Crippen molar-refractivity contribution in [2.75, 3.05) is 12.4 Å². The van der Waals surface area contributed by atoms with E-state index in [1.54, 1.807) is 13.2 Å². The molecule has 0 aliphatic heterocycles. The van der Waals surface area contributed by atoms with Gasteiger partial charge in [-0.1, -0.05) is 6.07 Å². The molecule has 1 aromatic carbocycles. The van der Waals surface area contributed by atoms with E-state index < -0.39 is 0 Å². The van der Waals surface area contributed by atoms with E-state index in [9.17, 15) is 4.79 Å². The molecule has 5 heteroatoms. The number of anilines is 1. The lowest BCUT2D eigenvalue weighted by atomic mass is 10.1. The van der Waals surface area contributed by atoms with Crippen LogP contribution in [-0.2, 0) is 4.79 Å². The number of ether oxygens (including phenoxy) is 2. The van der Waals surface area contributed by atoms with Gasteiger partial charge in [-0.2, -0.15) is 0 Å². The number of aryl methyl sites for hydroxylation is 3. The summed E-state index contributed by atoms with van der Waals surface area (Å²) in [7, 11) is 1.60. The molecule has 138 valence electrons. The minimum absolute atomic E-state index is 0.0608. The van der Waals surface area contributed by atoms with Gasteiger partial charge < -0.3 is 14.8 Å². The normalized spacial score (nSPS) is 11.0. The van der Waals surface area contributed by atoms with Crippen molar-refractivity contribution in [3.8, 4) is 11.5 Å². The number of pyridine rings is 1. The van der Waals surface area contributed by atoms with Crippen LogP contribution < -0.4 is 14.8 Å². The smallest absolute Gasteiger partial charge is 0.248 e. The first-order valence-electron chi connectivity index (χ1n) is 8.58. The molecular weight excluding hydrogens is 328 g/mol. The van der Waals surface area contributed by atoms with Gasteiger partial charge in [0.25, 0.3) is 0 Å². The van der Waals surface area contributed by atoms with Crippen LogP contribution >= 0.6 is 0 Å². The third-order valence-corrected chi connectivity index (χ3v) is 3.75. The Hall–Kier alpha value is -2.82. The second-order valence-corrected chi connectivity index (χ2v) is 6.44. The van der Waals surface area contributed by atoms with Crippen LogP contribution in [0.2, 0.25) is 0 Å². The second kappa shape index (κ2) is 8.52. The lowest BCUT2D eigenvalue weighted by Crippen LogP contribution is -2.11. The minimum atomic E-state index is -0.205. The van der Waals surface area contributed by atoms with Crippen molar-refractivity contribution in [2.45, 2.75) is 40.7 Å². The minimum Gasteiger partial charge on any atom is -0.493 e. The number of methoxy groups -OCH3 is 1. The van der Waals surface area contributed by atoms with Gasteiger partial charge in [0, 0.05) is 11.8 Å². The third-order valence-electron chi connectivity index (χ3n) is 3.75. The summed E-state index contributed by atoms with van der Waals surface area (Å²) >= 11 is 0. The number of carbonyl (C=O) groups is 1. The van der Waals surface area contributed by atoms with Crippen molar-refractivity contribution in [1.82, 2.24) is 4.98 Å². The summed E-state index contributed by atoms with van der Waals surface area (Å²) in [6.07, 6.45) is 3.30. The molecule has 1 aromatic heterocycles. The number of nitrogens with zero attached hydrogens (tertiary/aromatic N) is 1. The highest BCUT2D eigenvalue weighted by atomic mass is 16.5. The van der Waals surface area contributed by atoms with Gasteiger partial charge in [0.1, 0.15) is 0 Å². The highest BCUT2D eigenvalue weighted by Crippen LogP contribution is 2.29. The first kappa shape index (κ1) is 19.5. The summed E-state index contributed by atoms with van der Waals surface area (Å²) in [6.45, 7) is 9.70. The summed E-state index contributed by atoms with van der Waals surface area (Å²) in [5.41, 5.74) is 4.34. The van der Waals surface area contributed by atoms with Crippen molar-refractivity contribution in [2.24, 2.45) is 0 Å². The van der Waals surface area contributed by atoms with Crippen LogP contribution in [0.5, 0.6) is 11.5 Å². The zero-order chi connectivity index (χ0) is 19.3. The first-order chi connectivity index (χ1) is 12.3. The van der Waals surface area contributed by atoms with Gasteiger partial charge in [-0.3, -0.25) is 9.78 Å². The van der Waals surface area contributed by atoms with Crippen LogP contribution in [0.1, 0.15) is 36.4 Å². The fourth-order valence-corrected chi connectivity index (χ4v) is 2.69. The maximum Gasteiger partial charge on any atom is 0.248 e. The molecule has 0 aliphatic rings. The van der Waals surface area contributed by atoms with Crippen LogP contribution in [0.3, 0.4) is 0 Å². The summed E-state index contributed by atoms with van der Waals surface area (Å²) in [5, 5.41) is 2.90. The Morgan fingerprint density at radius 1 is 1.15 bits per heavy atom. The van der Waals surface area contributed by atoms with E-state index in [2.05, 4.69) is 10.3 Å². The van der Waals surface area contributed by atoms with Gasteiger partial charge in [0.05, 0.1) is 24.6 Å². The van der Waals surface area contributed by atoms with E-state index >= 15 is 0 Å². The molecule has 0 fully saturated rings. The van der Waals surface area contributed by atoms with Crippen molar-refractivity contribution >= 4 is 17.7 Å². The van der Waals surface area contributed by atoms with E-state index in [-0.39, 0.29) is 12.0 Å². The number of benzene rings is 1. The number of hydrogen-bond acceptors (Lipinski definition) is 4.